The summed E-state index contributed by atoms with van der Waals surface area (Å²) >= 11 is 14.2. The van der Waals surface area contributed by atoms with E-state index in [-0.39, 0.29) is 5.75 Å². The van der Waals surface area contributed by atoms with Crippen LogP contribution in [0.15, 0.2) is 52.0 Å². The smallest absolute Gasteiger partial charge is 0.191 e. The molecule has 0 unspecified atom stereocenters. The monoisotopic (exact) mass is 383 g/mol. The number of anilines is 1. The Morgan fingerprint density at radius 3 is 2.71 bits per heavy atom. The van der Waals surface area contributed by atoms with Gasteiger partial charge in [-0.2, -0.15) is 5.10 Å². The number of nitrogens with zero attached hydrogens (tertiary/aromatic N) is 1. The Labute approximate surface area is 141 Å². The highest BCUT2D eigenvalue weighted by Crippen LogP contribution is 2.30. The SMILES string of the molecule is Oc1c(Br)cc(Cl)cc1/C=N/NC(=S)Nc1ccccc1. The lowest BCUT2D eigenvalue weighted by atomic mass is 10.2. The van der Waals surface area contributed by atoms with Crippen molar-refractivity contribution in [2.75, 3.05) is 5.32 Å². The van der Waals surface area contributed by atoms with Crippen LogP contribution in [-0.2, 0) is 0 Å². The zero-order valence-corrected chi connectivity index (χ0v) is 13.8. The minimum atomic E-state index is 0.0619. The predicted molar refractivity (Wildman–Crippen MR) is 94.2 cm³/mol. The van der Waals surface area contributed by atoms with Crippen LogP contribution in [0.5, 0.6) is 5.75 Å². The van der Waals surface area contributed by atoms with E-state index in [1.807, 2.05) is 30.3 Å². The van der Waals surface area contributed by atoms with Crippen LogP contribution in [-0.4, -0.2) is 16.4 Å². The fourth-order valence-corrected chi connectivity index (χ4v) is 2.53. The van der Waals surface area contributed by atoms with Gasteiger partial charge in [0, 0.05) is 16.3 Å². The Bertz CT molecular complexity index is 679. The van der Waals surface area contributed by atoms with Gasteiger partial charge in [0.1, 0.15) is 5.75 Å². The third-order valence-electron chi connectivity index (χ3n) is 2.46. The van der Waals surface area contributed by atoms with Gasteiger partial charge in [-0.15, -0.1) is 0 Å². The third-order valence-corrected chi connectivity index (χ3v) is 3.48. The number of benzene rings is 2. The highest BCUT2D eigenvalue weighted by atomic mass is 79.9. The number of hydrogen-bond donors (Lipinski definition) is 3. The molecule has 0 saturated heterocycles. The highest BCUT2D eigenvalue weighted by Gasteiger charge is 2.05. The molecule has 0 amide bonds. The first-order valence-electron chi connectivity index (χ1n) is 5.89. The van der Waals surface area contributed by atoms with E-state index >= 15 is 0 Å². The second kappa shape index (κ2) is 7.40. The summed E-state index contributed by atoms with van der Waals surface area (Å²) in [6, 6.07) is 12.7. The molecule has 4 nitrogen and oxygen atoms in total. The minimum Gasteiger partial charge on any atom is -0.506 e. The Kier molecular flexibility index (Phi) is 5.55. The maximum absolute atomic E-state index is 9.85. The standard InChI is InChI=1S/C14H11BrClN3OS/c15-12-7-10(16)6-9(13(12)20)8-17-19-14(21)18-11-4-2-1-3-5-11/h1-8,20H,(H2,18,19,21)/b17-8+. The topological polar surface area (TPSA) is 56.7 Å². The molecule has 21 heavy (non-hydrogen) atoms. The summed E-state index contributed by atoms with van der Waals surface area (Å²) in [5.74, 6) is 0.0619. The van der Waals surface area contributed by atoms with Crippen LogP contribution in [0.2, 0.25) is 5.02 Å². The van der Waals surface area contributed by atoms with Gasteiger partial charge in [0.05, 0.1) is 10.7 Å². The average Bonchev–Trinajstić information content (AvgIpc) is 2.45. The predicted octanol–water partition coefficient (Wildman–Crippen LogP) is 4.13. The second-order valence-corrected chi connectivity index (χ2v) is 5.71. The van der Waals surface area contributed by atoms with E-state index in [2.05, 4.69) is 31.8 Å². The summed E-state index contributed by atoms with van der Waals surface area (Å²) < 4.78 is 0.501. The number of thiocarbonyl (C=S) groups is 1. The molecular weight excluding hydrogens is 374 g/mol. The largest absolute Gasteiger partial charge is 0.506 e. The van der Waals surface area contributed by atoms with Crippen LogP contribution in [0, 0.1) is 0 Å². The first-order valence-corrected chi connectivity index (χ1v) is 7.47. The van der Waals surface area contributed by atoms with Crippen molar-refractivity contribution in [3.63, 3.8) is 0 Å². The summed E-state index contributed by atoms with van der Waals surface area (Å²) in [6.07, 6.45) is 1.44. The molecule has 0 aliphatic rings. The van der Waals surface area contributed by atoms with Crippen LogP contribution in [0.1, 0.15) is 5.56 Å². The van der Waals surface area contributed by atoms with Crippen molar-refractivity contribution in [2.45, 2.75) is 0 Å². The van der Waals surface area contributed by atoms with E-state index in [1.165, 1.54) is 6.21 Å². The van der Waals surface area contributed by atoms with Gasteiger partial charge >= 0.3 is 0 Å². The lowest BCUT2D eigenvalue weighted by Crippen LogP contribution is -2.23. The van der Waals surface area contributed by atoms with Crippen molar-refractivity contribution in [3.8, 4) is 5.75 Å². The van der Waals surface area contributed by atoms with E-state index < -0.39 is 0 Å². The van der Waals surface area contributed by atoms with Crippen LogP contribution in [0.3, 0.4) is 0 Å². The van der Waals surface area contributed by atoms with Gasteiger partial charge in [0.2, 0.25) is 0 Å². The number of rotatable bonds is 3. The summed E-state index contributed by atoms with van der Waals surface area (Å²) in [6.45, 7) is 0. The number of hydrazone groups is 1. The van der Waals surface area contributed by atoms with Gasteiger partial charge in [-0.25, -0.2) is 0 Å². The number of aromatic hydroxyl groups is 1. The number of halogens is 2. The van der Waals surface area contributed by atoms with E-state index in [9.17, 15) is 5.11 Å². The number of para-hydroxylation sites is 1. The Balaban J connectivity index is 1.98. The maximum atomic E-state index is 9.85. The van der Waals surface area contributed by atoms with Crippen LogP contribution in [0.25, 0.3) is 0 Å². The molecule has 0 atom stereocenters. The molecule has 108 valence electrons. The van der Waals surface area contributed by atoms with Gasteiger partial charge in [0.15, 0.2) is 5.11 Å². The van der Waals surface area contributed by atoms with Gasteiger partial charge < -0.3 is 10.4 Å². The lowest BCUT2D eigenvalue weighted by Gasteiger charge is -2.06. The van der Waals surface area contributed by atoms with E-state index in [1.54, 1.807) is 12.1 Å². The first kappa shape index (κ1) is 15.8. The van der Waals surface area contributed by atoms with Gasteiger partial charge in [-0.05, 0) is 52.4 Å². The van der Waals surface area contributed by atoms with Crippen molar-refractivity contribution < 1.29 is 5.11 Å². The molecule has 0 bridgehead atoms. The first-order chi connectivity index (χ1) is 10.1. The molecule has 2 rings (SSSR count). The molecular formula is C14H11BrClN3OS. The summed E-state index contributed by atoms with van der Waals surface area (Å²) in [7, 11) is 0. The van der Waals surface area contributed by atoms with Crippen LogP contribution >= 0.6 is 39.7 Å². The molecule has 0 radical (unpaired) electrons. The fraction of sp³-hybridized carbons (Fsp3) is 0. The third kappa shape index (κ3) is 4.70. The molecule has 2 aromatic carbocycles. The zero-order valence-electron chi connectivity index (χ0n) is 10.7. The fourth-order valence-electron chi connectivity index (χ4n) is 1.53. The molecule has 0 aliphatic carbocycles. The Hall–Kier alpha value is -1.63. The molecule has 3 N–H and O–H groups in total. The normalized spacial score (nSPS) is 10.6. The zero-order chi connectivity index (χ0) is 15.2. The number of hydrogen-bond acceptors (Lipinski definition) is 3. The number of phenolic OH excluding ortho intramolecular Hbond substituents is 1. The molecule has 0 aliphatic heterocycles. The quantitative estimate of drug-likeness (QED) is 0.423. The molecule has 0 spiro atoms. The van der Waals surface area contributed by atoms with Crippen molar-refractivity contribution in [1.82, 2.24) is 5.43 Å². The van der Waals surface area contributed by atoms with E-state index in [0.717, 1.165) is 5.69 Å². The summed E-state index contributed by atoms with van der Waals surface area (Å²) in [5, 5.41) is 17.6. The molecule has 7 heteroatoms. The summed E-state index contributed by atoms with van der Waals surface area (Å²) in [5.41, 5.74) is 4.00. The van der Waals surface area contributed by atoms with Crippen LogP contribution in [0.4, 0.5) is 5.69 Å². The van der Waals surface area contributed by atoms with Crippen LogP contribution < -0.4 is 10.7 Å². The Morgan fingerprint density at radius 1 is 1.29 bits per heavy atom. The highest BCUT2D eigenvalue weighted by molar-refractivity contribution is 9.10. The summed E-state index contributed by atoms with van der Waals surface area (Å²) in [4.78, 5) is 0. The molecule has 0 saturated carbocycles. The van der Waals surface area contributed by atoms with E-state index in [0.29, 0.717) is 20.2 Å². The van der Waals surface area contributed by atoms with Gasteiger partial charge in [0.25, 0.3) is 0 Å². The second-order valence-electron chi connectivity index (χ2n) is 4.02. The van der Waals surface area contributed by atoms with Crippen molar-refractivity contribution >= 4 is 56.8 Å². The lowest BCUT2D eigenvalue weighted by molar-refractivity contribution is 0.471. The minimum absolute atomic E-state index is 0.0619. The van der Waals surface area contributed by atoms with E-state index in [4.69, 9.17) is 23.8 Å². The molecule has 0 aromatic heterocycles. The molecule has 2 aromatic rings. The van der Waals surface area contributed by atoms with Crippen molar-refractivity contribution in [2.24, 2.45) is 5.10 Å². The maximum Gasteiger partial charge on any atom is 0.191 e. The average molecular weight is 385 g/mol. The number of phenols is 1. The Morgan fingerprint density at radius 2 is 2.00 bits per heavy atom. The van der Waals surface area contributed by atoms with Gasteiger partial charge in [-0.3, -0.25) is 5.43 Å². The number of nitrogens with one attached hydrogen (secondary N) is 2. The molecule has 0 fully saturated rings. The van der Waals surface area contributed by atoms with Crippen molar-refractivity contribution in [3.05, 3.63) is 57.5 Å². The molecule has 0 heterocycles. The van der Waals surface area contributed by atoms with Gasteiger partial charge in [-0.1, -0.05) is 29.8 Å². The van der Waals surface area contributed by atoms with Crippen molar-refractivity contribution in [1.29, 1.82) is 0 Å².